The molecule has 6 nitrogen and oxygen atoms in total. The van der Waals surface area contributed by atoms with Gasteiger partial charge < -0.3 is 15.4 Å². The first-order valence-electron chi connectivity index (χ1n) is 8.26. The molecular formula is C20H21N3O3. The summed E-state index contributed by atoms with van der Waals surface area (Å²) in [5.74, 6) is 0.345. The zero-order chi connectivity index (χ0) is 18.8. The van der Waals surface area contributed by atoms with Crippen molar-refractivity contribution >= 4 is 17.5 Å². The van der Waals surface area contributed by atoms with E-state index < -0.39 is 0 Å². The van der Waals surface area contributed by atoms with Crippen LogP contribution in [0.3, 0.4) is 0 Å². The van der Waals surface area contributed by atoms with E-state index in [4.69, 9.17) is 10.00 Å². The van der Waals surface area contributed by atoms with Crippen LogP contribution in [0, 0.1) is 11.3 Å². The van der Waals surface area contributed by atoms with Crippen LogP contribution in [-0.2, 0) is 22.6 Å². The standard InChI is InChI=1S/C20H21N3O3/c1-26-17-9-6-15(7-10-17)8-11-19(24)22-14-16-4-2-3-5-18(16)23-20(25)12-13-21/h2-7,9-10H,8,11-12,14H2,1H3,(H,22,24)(H,23,25). The highest BCUT2D eigenvalue weighted by molar-refractivity contribution is 5.92. The third-order valence-electron chi connectivity index (χ3n) is 3.81. The average Bonchev–Trinajstić information content (AvgIpc) is 2.66. The van der Waals surface area contributed by atoms with Gasteiger partial charge in [-0.25, -0.2) is 0 Å². The van der Waals surface area contributed by atoms with Gasteiger partial charge in [0.2, 0.25) is 11.8 Å². The molecule has 0 unspecified atom stereocenters. The summed E-state index contributed by atoms with van der Waals surface area (Å²) >= 11 is 0. The molecule has 0 bridgehead atoms. The van der Waals surface area contributed by atoms with Gasteiger partial charge in [0.1, 0.15) is 12.2 Å². The molecule has 0 aliphatic heterocycles. The molecule has 0 saturated heterocycles. The van der Waals surface area contributed by atoms with E-state index in [1.807, 2.05) is 42.5 Å². The Kier molecular flexibility index (Phi) is 7.19. The number of ether oxygens (including phenoxy) is 1. The number of nitrogens with one attached hydrogen (secondary N) is 2. The van der Waals surface area contributed by atoms with Crippen molar-refractivity contribution < 1.29 is 14.3 Å². The van der Waals surface area contributed by atoms with E-state index in [-0.39, 0.29) is 18.2 Å². The molecule has 2 aromatic rings. The fourth-order valence-corrected chi connectivity index (χ4v) is 2.39. The monoisotopic (exact) mass is 351 g/mol. The summed E-state index contributed by atoms with van der Waals surface area (Å²) in [7, 11) is 1.61. The maximum atomic E-state index is 12.1. The van der Waals surface area contributed by atoms with Gasteiger partial charge in [-0.1, -0.05) is 30.3 Å². The molecule has 134 valence electrons. The average molecular weight is 351 g/mol. The lowest BCUT2D eigenvalue weighted by atomic mass is 10.1. The third-order valence-corrected chi connectivity index (χ3v) is 3.81. The number of amides is 2. The smallest absolute Gasteiger partial charge is 0.238 e. The highest BCUT2D eigenvalue weighted by atomic mass is 16.5. The van der Waals surface area contributed by atoms with Gasteiger partial charge in [-0.05, 0) is 35.7 Å². The van der Waals surface area contributed by atoms with Crippen molar-refractivity contribution in [3.8, 4) is 11.8 Å². The minimum absolute atomic E-state index is 0.0704. The van der Waals surface area contributed by atoms with Crippen LogP contribution in [0.15, 0.2) is 48.5 Å². The van der Waals surface area contributed by atoms with Crippen LogP contribution in [0.5, 0.6) is 5.75 Å². The lowest BCUT2D eigenvalue weighted by Crippen LogP contribution is -2.24. The number of hydrogen-bond acceptors (Lipinski definition) is 4. The third kappa shape index (κ3) is 5.95. The number of methoxy groups -OCH3 is 1. The van der Waals surface area contributed by atoms with Crippen molar-refractivity contribution in [2.75, 3.05) is 12.4 Å². The molecule has 0 aromatic heterocycles. The summed E-state index contributed by atoms with van der Waals surface area (Å²) in [6, 6.07) is 16.6. The molecule has 2 aromatic carbocycles. The van der Waals surface area contributed by atoms with Crippen LogP contribution in [-0.4, -0.2) is 18.9 Å². The molecule has 0 spiro atoms. The van der Waals surface area contributed by atoms with Gasteiger partial charge >= 0.3 is 0 Å². The Balaban J connectivity index is 1.85. The van der Waals surface area contributed by atoms with Crippen LogP contribution >= 0.6 is 0 Å². The Morgan fingerprint density at radius 3 is 2.50 bits per heavy atom. The molecule has 2 amide bonds. The summed E-state index contributed by atoms with van der Waals surface area (Å²) in [6.45, 7) is 0.310. The van der Waals surface area contributed by atoms with Crippen LogP contribution in [0.25, 0.3) is 0 Å². The molecule has 26 heavy (non-hydrogen) atoms. The minimum atomic E-state index is -0.370. The predicted molar refractivity (Wildman–Crippen MR) is 98.5 cm³/mol. The van der Waals surface area contributed by atoms with Gasteiger partial charge in [0.05, 0.1) is 13.2 Å². The minimum Gasteiger partial charge on any atom is -0.497 e. The summed E-state index contributed by atoms with van der Waals surface area (Å²) < 4.78 is 5.11. The normalized spacial score (nSPS) is 9.85. The van der Waals surface area contributed by atoms with Crippen LogP contribution < -0.4 is 15.4 Å². The SMILES string of the molecule is COc1ccc(CCC(=O)NCc2ccccc2NC(=O)CC#N)cc1. The molecule has 2 rings (SSSR count). The van der Waals surface area contributed by atoms with E-state index in [1.54, 1.807) is 19.2 Å². The van der Waals surface area contributed by atoms with Crippen LogP contribution in [0.4, 0.5) is 5.69 Å². The number of rotatable bonds is 8. The number of nitriles is 1. The van der Waals surface area contributed by atoms with Crippen molar-refractivity contribution in [1.29, 1.82) is 5.26 Å². The van der Waals surface area contributed by atoms with Gasteiger partial charge in [0.15, 0.2) is 0 Å². The Morgan fingerprint density at radius 1 is 1.08 bits per heavy atom. The molecule has 0 aliphatic carbocycles. The van der Waals surface area contributed by atoms with Crippen molar-refractivity contribution in [2.24, 2.45) is 0 Å². The topological polar surface area (TPSA) is 91.2 Å². The number of anilines is 1. The highest BCUT2D eigenvalue weighted by Crippen LogP contribution is 2.15. The molecular weight excluding hydrogens is 330 g/mol. The van der Waals surface area contributed by atoms with Crippen molar-refractivity contribution in [3.63, 3.8) is 0 Å². The van der Waals surface area contributed by atoms with Crippen LogP contribution in [0.2, 0.25) is 0 Å². The molecule has 0 radical (unpaired) electrons. The molecule has 2 N–H and O–H groups in total. The van der Waals surface area contributed by atoms with Gasteiger partial charge in [-0.15, -0.1) is 0 Å². The van der Waals surface area contributed by atoms with Gasteiger partial charge in [0.25, 0.3) is 0 Å². The van der Waals surface area contributed by atoms with Gasteiger partial charge in [0, 0.05) is 18.7 Å². The number of aryl methyl sites for hydroxylation is 1. The van der Waals surface area contributed by atoms with Crippen molar-refractivity contribution in [1.82, 2.24) is 5.32 Å². The van der Waals surface area contributed by atoms with E-state index in [1.165, 1.54) is 0 Å². The Hall–Kier alpha value is -3.33. The lowest BCUT2D eigenvalue weighted by molar-refractivity contribution is -0.121. The molecule has 0 heterocycles. The number of carbonyl (C=O) groups excluding carboxylic acids is 2. The first-order chi connectivity index (χ1) is 12.6. The Labute approximate surface area is 152 Å². The second-order valence-corrected chi connectivity index (χ2v) is 5.67. The maximum absolute atomic E-state index is 12.1. The second-order valence-electron chi connectivity index (χ2n) is 5.67. The van der Waals surface area contributed by atoms with Crippen LogP contribution in [0.1, 0.15) is 24.0 Å². The molecule has 0 aliphatic rings. The Morgan fingerprint density at radius 2 is 1.81 bits per heavy atom. The number of carbonyl (C=O) groups is 2. The zero-order valence-corrected chi connectivity index (χ0v) is 14.6. The molecule has 0 atom stereocenters. The lowest BCUT2D eigenvalue weighted by Gasteiger charge is -2.11. The van der Waals surface area contributed by atoms with Crippen molar-refractivity contribution in [3.05, 3.63) is 59.7 Å². The highest BCUT2D eigenvalue weighted by Gasteiger charge is 2.08. The molecule has 6 heteroatoms. The maximum Gasteiger partial charge on any atom is 0.238 e. The largest absolute Gasteiger partial charge is 0.497 e. The summed E-state index contributed by atoms with van der Waals surface area (Å²) in [4.78, 5) is 23.7. The van der Waals surface area contributed by atoms with E-state index in [0.29, 0.717) is 25.1 Å². The first-order valence-corrected chi connectivity index (χ1v) is 8.26. The van der Waals surface area contributed by atoms with E-state index in [2.05, 4.69) is 10.6 Å². The predicted octanol–water partition coefficient (Wildman–Crippen LogP) is 2.80. The number of benzene rings is 2. The summed E-state index contributed by atoms with van der Waals surface area (Å²) in [6.07, 6.45) is 0.800. The Bertz CT molecular complexity index is 795. The first kappa shape index (κ1) is 19.0. The van der Waals surface area contributed by atoms with Gasteiger partial charge in [-0.3, -0.25) is 9.59 Å². The van der Waals surface area contributed by atoms with E-state index in [9.17, 15) is 9.59 Å². The fraction of sp³-hybridized carbons (Fsp3) is 0.250. The number of nitrogens with zero attached hydrogens (tertiary/aromatic N) is 1. The fourth-order valence-electron chi connectivity index (χ4n) is 2.39. The summed E-state index contributed by atoms with van der Waals surface area (Å²) in [5.41, 5.74) is 2.45. The molecule has 0 fully saturated rings. The van der Waals surface area contributed by atoms with E-state index in [0.717, 1.165) is 16.9 Å². The number of para-hydroxylation sites is 1. The summed E-state index contributed by atoms with van der Waals surface area (Å²) in [5, 5.41) is 14.1. The van der Waals surface area contributed by atoms with Crippen molar-refractivity contribution in [2.45, 2.75) is 25.8 Å². The van der Waals surface area contributed by atoms with Gasteiger partial charge in [-0.2, -0.15) is 5.26 Å². The zero-order valence-electron chi connectivity index (χ0n) is 14.6. The number of hydrogen-bond donors (Lipinski definition) is 2. The second kappa shape index (κ2) is 9.84. The molecule has 0 saturated carbocycles. The van der Waals surface area contributed by atoms with E-state index >= 15 is 0 Å². The quantitative estimate of drug-likeness (QED) is 0.765.